The summed E-state index contributed by atoms with van der Waals surface area (Å²) >= 11 is 0. The number of nitrogens with zero attached hydrogens (tertiary/aromatic N) is 2. The van der Waals surface area contributed by atoms with Gasteiger partial charge in [0.1, 0.15) is 23.2 Å². The van der Waals surface area contributed by atoms with Crippen molar-refractivity contribution in [3.63, 3.8) is 0 Å². The van der Waals surface area contributed by atoms with Crippen LogP contribution in [0.25, 0.3) is 11.0 Å². The molecule has 4 rings (SSSR count). The van der Waals surface area contributed by atoms with E-state index in [1.807, 2.05) is 0 Å². The van der Waals surface area contributed by atoms with E-state index in [1.54, 1.807) is 55.5 Å². The first-order valence-corrected chi connectivity index (χ1v) is 12.9. The second kappa shape index (κ2) is 10.3. The Balaban J connectivity index is 1.46. The number of pyridine rings is 1. The van der Waals surface area contributed by atoms with Crippen molar-refractivity contribution in [2.45, 2.75) is 32.2 Å². The number of anilines is 2. The first-order valence-electron chi connectivity index (χ1n) is 11.4. The fraction of sp³-hybridized carbons (Fsp3) is 0.240. The lowest BCUT2D eigenvalue weighted by Gasteiger charge is -2.17. The second-order valence-corrected chi connectivity index (χ2v) is 10.5. The van der Waals surface area contributed by atoms with Crippen LogP contribution in [-0.2, 0) is 27.9 Å². The van der Waals surface area contributed by atoms with Crippen LogP contribution in [0, 0.1) is 6.92 Å². The van der Waals surface area contributed by atoms with Gasteiger partial charge in [0.15, 0.2) is 11.4 Å². The van der Waals surface area contributed by atoms with Gasteiger partial charge in [0, 0.05) is 12.2 Å². The van der Waals surface area contributed by atoms with Gasteiger partial charge in [0.2, 0.25) is 15.9 Å². The van der Waals surface area contributed by atoms with Crippen LogP contribution < -0.4 is 26.1 Å². The molecule has 0 aliphatic carbocycles. The van der Waals surface area contributed by atoms with Crippen LogP contribution in [0.3, 0.4) is 0 Å². The van der Waals surface area contributed by atoms with Crippen LogP contribution in [0.2, 0.25) is 0 Å². The van der Waals surface area contributed by atoms with E-state index in [0.717, 1.165) is 5.56 Å². The molecule has 2 heterocycles. The molecular weight excluding hydrogens is 498 g/mol. The molecule has 0 unspecified atom stereocenters. The molecule has 0 saturated heterocycles. The number of benzene rings is 2. The first kappa shape index (κ1) is 25.8. The van der Waals surface area contributed by atoms with E-state index >= 15 is 0 Å². The zero-order chi connectivity index (χ0) is 26.7. The van der Waals surface area contributed by atoms with Gasteiger partial charge in [-0.1, -0.05) is 23.4 Å². The molecule has 12 heteroatoms. The lowest BCUT2D eigenvalue weighted by Crippen LogP contribution is -2.34. The van der Waals surface area contributed by atoms with Crippen molar-refractivity contribution in [1.29, 1.82) is 0 Å². The summed E-state index contributed by atoms with van der Waals surface area (Å²) in [6.45, 7) is 3.09. The number of hydrogen-bond acceptors (Lipinski definition) is 8. The highest BCUT2D eigenvalue weighted by molar-refractivity contribution is 7.92. The van der Waals surface area contributed by atoms with E-state index in [0.29, 0.717) is 28.0 Å². The number of fused-ring (bicyclic) bond motifs is 1. The molecule has 37 heavy (non-hydrogen) atoms. The summed E-state index contributed by atoms with van der Waals surface area (Å²) in [4.78, 5) is 25.7. The Morgan fingerprint density at radius 1 is 1.16 bits per heavy atom. The molecule has 0 saturated carbocycles. The Morgan fingerprint density at radius 3 is 2.59 bits per heavy atom. The molecule has 1 amide bonds. The average molecular weight is 526 g/mol. The summed E-state index contributed by atoms with van der Waals surface area (Å²) in [6.07, 6.45) is 0. The van der Waals surface area contributed by atoms with Gasteiger partial charge in [-0.25, -0.2) is 8.42 Å². The number of carbonyl (C=O) groups is 1. The maximum Gasteiger partial charge on any atom is 0.275 e. The third kappa shape index (κ3) is 5.59. The Bertz CT molecular complexity index is 1610. The van der Waals surface area contributed by atoms with Crippen LogP contribution in [0.15, 0.2) is 63.9 Å². The van der Waals surface area contributed by atoms with Crippen molar-refractivity contribution >= 4 is 38.4 Å². The maximum atomic E-state index is 13.1. The van der Waals surface area contributed by atoms with Crippen LogP contribution in [0.1, 0.15) is 29.0 Å². The highest BCUT2D eigenvalue weighted by atomic mass is 32.2. The van der Waals surface area contributed by atoms with E-state index in [2.05, 4.69) is 15.2 Å². The Labute approximate surface area is 213 Å². The van der Waals surface area contributed by atoms with Crippen molar-refractivity contribution < 1.29 is 22.5 Å². The number of aryl methyl sites for hydroxylation is 1. The Kier molecular flexibility index (Phi) is 7.21. The maximum absolute atomic E-state index is 13.1. The summed E-state index contributed by atoms with van der Waals surface area (Å²) in [5.74, 6) is 0.465. The predicted octanol–water partition coefficient (Wildman–Crippen LogP) is 2.71. The summed E-state index contributed by atoms with van der Waals surface area (Å²) in [6, 6.07) is 14.8. The van der Waals surface area contributed by atoms with Crippen molar-refractivity contribution in [2.24, 2.45) is 0 Å². The molecule has 2 aromatic carbocycles. The summed E-state index contributed by atoms with van der Waals surface area (Å²) < 4.78 is 39.8. The van der Waals surface area contributed by atoms with Crippen LogP contribution >= 0.6 is 0 Å². The largest absolute Gasteiger partial charge is 0.497 e. The molecule has 0 bridgehead atoms. The van der Waals surface area contributed by atoms with E-state index in [-0.39, 0.29) is 24.6 Å². The van der Waals surface area contributed by atoms with E-state index in [1.165, 1.54) is 24.7 Å². The van der Waals surface area contributed by atoms with E-state index in [4.69, 9.17) is 15.0 Å². The molecule has 0 aliphatic rings. The minimum absolute atomic E-state index is 0.146. The number of nitrogens with one attached hydrogen (secondary N) is 2. The number of methoxy groups -OCH3 is 1. The van der Waals surface area contributed by atoms with Gasteiger partial charge in [-0.05, 0) is 61.4 Å². The smallest absolute Gasteiger partial charge is 0.275 e. The van der Waals surface area contributed by atoms with E-state index in [9.17, 15) is 18.0 Å². The molecule has 0 fully saturated rings. The van der Waals surface area contributed by atoms with Crippen molar-refractivity contribution in [2.75, 3.05) is 17.6 Å². The summed E-state index contributed by atoms with van der Waals surface area (Å²) in [5.41, 5.74) is 7.24. The van der Waals surface area contributed by atoms with E-state index < -0.39 is 26.7 Å². The average Bonchev–Trinajstić information content (AvgIpc) is 3.26. The third-order valence-electron chi connectivity index (χ3n) is 6.05. The number of sulfonamides is 1. The Hall–Kier alpha value is -4.32. The number of carbonyl (C=O) groups excluding carboxylic acids is 1. The fourth-order valence-corrected chi connectivity index (χ4v) is 4.91. The molecule has 0 spiro atoms. The zero-order valence-corrected chi connectivity index (χ0v) is 21.3. The second-order valence-electron chi connectivity index (χ2n) is 8.52. The summed E-state index contributed by atoms with van der Waals surface area (Å²) in [5, 5.41) is 6.19. The van der Waals surface area contributed by atoms with Gasteiger partial charge in [0.25, 0.3) is 5.56 Å². The standard InChI is InChI=1S/C25H27N5O6S/c1-15-4-11-21(29-37(33,34)16(2)18-6-8-19(35-3)9-7-18)25(32)30(15)14-23(31)27-13-17-5-10-20-22(12-17)36-28-24(20)26/h4-12,16,29H,13-14H2,1-3H3,(H2,26,28)(H,27,31)/t16-/m1/s1. The third-order valence-corrected chi connectivity index (χ3v) is 7.76. The summed E-state index contributed by atoms with van der Waals surface area (Å²) in [7, 11) is -2.44. The highest BCUT2D eigenvalue weighted by Crippen LogP contribution is 2.25. The Morgan fingerprint density at radius 2 is 1.89 bits per heavy atom. The number of nitrogens with two attached hydrogens (primary N) is 1. The van der Waals surface area contributed by atoms with Crippen molar-refractivity contribution in [3.8, 4) is 5.75 Å². The van der Waals surface area contributed by atoms with Gasteiger partial charge < -0.3 is 24.9 Å². The van der Waals surface area contributed by atoms with Gasteiger partial charge in [-0.3, -0.25) is 14.3 Å². The number of amides is 1. The number of ether oxygens (including phenoxy) is 1. The topological polar surface area (TPSA) is 159 Å². The minimum atomic E-state index is -3.96. The van der Waals surface area contributed by atoms with Crippen molar-refractivity contribution in [1.82, 2.24) is 15.0 Å². The van der Waals surface area contributed by atoms with Gasteiger partial charge in [-0.2, -0.15) is 0 Å². The highest BCUT2D eigenvalue weighted by Gasteiger charge is 2.24. The predicted molar refractivity (Wildman–Crippen MR) is 140 cm³/mol. The molecular formula is C25H27N5O6S. The lowest BCUT2D eigenvalue weighted by atomic mass is 10.1. The van der Waals surface area contributed by atoms with Crippen LogP contribution in [-0.4, -0.2) is 31.2 Å². The zero-order valence-electron chi connectivity index (χ0n) is 20.5. The molecule has 11 nitrogen and oxygen atoms in total. The SMILES string of the molecule is COc1ccc([C@@H](C)S(=O)(=O)Nc2ccc(C)n(CC(=O)NCc3ccc4c(N)noc4c3)c2=O)cc1. The number of nitrogen functional groups attached to an aromatic ring is 1. The monoisotopic (exact) mass is 525 g/mol. The number of hydrogen-bond donors (Lipinski definition) is 3. The lowest BCUT2D eigenvalue weighted by molar-refractivity contribution is -0.121. The quantitative estimate of drug-likeness (QED) is 0.301. The molecule has 4 N–H and O–H groups in total. The molecule has 2 aromatic heterocycles. The van der Waals surface area contributed by atoms with Crippen LogP contribution in [0.4, 0.5) is 11.5 Å². The minimum Gasteiger partial charge on any atom is -0.497 e. The normalized spacial score (nSPS) is 12.3. The van der Waals surface area contributed by atoms with Crippen molar-refractivity contribution in [3.05, 3.63) is 81.8 Å². The first-order chi connectivity index (χ1) is 17.6. The van der Waals surface area contributed by atoms with Crippen LogP contribution in [0.5, 0.6) is 5.75 Å². The fourth-order valence-electron chi connectivity index (χ4n) is 3.75. The number of aromatic nitrogens is 2. The number of rotatable bonds is 9. The molecule has 0 radical (unpaired) electrons. The molecule has 0 aliphatic heterocycles. The van der Waals surface area contributed by atoms with Gasteiger partial charge in [0.05, 0.1) is 12.5 Å². The molecule has 1 atom stereocenters. The van der Waals surface area contributed by atoms with Gasteiger partial charge in [-0.15, -0.1) is 0 Å². The molecule has 194 valence electrons. The van der Waals surface area contributed by atoms with Gasteiger partial charge >= 0.3 is 0 Å². The molecule has 4 aromatic rings.